The zero-order chi connectivity index (χ0) is 27.2. The van der Waals surface area contributed by atoms with Gasteiger partial charge >= 0.3 is 5.97 Å². The molecule has 1 heterocycles. The molecule has 0 radical (unpaired) electrons. The van der Waals surface area contributed by atoms with Gasteiger partial charge in [0.15, 0.2) is 4.80 Å². The van der Waals surface area contributed by atoms with E-state index in [1.807, 2.05) is 26.8 Å². The normalized spacial score (nSPS) is 12.4. The Morgan fingerprint density at radius 2 is 1.68 bits per heavy atom. The fraction of sp³-hybridized carbons (Fsp3) is 0.423. The van der Waals surface area contributed by atoms with Crippen molar-refractivity contribution >= 4 is 55.1 Å². The molecule has 37 heavy (non-hydrogen) atoms. The molecule has 1 amide bonds. The van der Waals surface area contributed by atoms with Gasteiger partial charge in [0.1, 0.15) is 6.54 Å². The number of benzene rings is 2. The summed E-state index contributed by atoms with van der Waals surface area (Å²) in [6, 6.07) is 9.40. The molecular weight excluding hydrogens is 534 g/mol. The average Bonchev–Trinajstić information content (AvgIpc) is 3.23. The number of thiazole rings is 1. The molecule has 1 aromatic heterocycles. The molecule has 0 N–H and O–H groups in total. The quantitative estimate of drug-likeness (QED) is 0.299. The Labute approximate surface area is 226 Å². The van der Waals surface area contributed by atoms with E-state index >= 15 is 0 Å². The predicted molar refractivity (Wildman–Crippen MR) is 146 cm³/mol. The summed E-state index contributed by atoms with van der Waals surface area (Å²) in [5, 5.41) is 0.533. The second-order valence-corrected chi connectivity index (χ2v) is 12.0. The van der Waals surface area contributed by atoms with Gasteiger partial charge in [-0.3, -0.25) is 9.59 Å². The number of aromatic nitrogens is 1. The predicted octanol–water partition coefficient (Wildman–Crippen LogP) is 5.17. The molecule has 200 valence electrons. The summed E-state index contributed by atoms with van der Waals surface area (Å²) in [4.78, 5) is 29.9. The van der Waals surface area contributed by atoms with Crippen LogP contribution in [0.15, 0.2) is 46.3 Å². The SMILES string of the molecule is CCCCN(CCCC)S(=O)(=O)c1ccc(C(=O)N=c2sc3ccc(Cl)c(C)c3n2CC(=O)OC)cc1. The van der Waals surface area contributed by atoms with Gasteiger partial charge in [0.05, 0.1) is 22.2 Å². The number of methoxy groups -OCH3 is 1. The van der Waals surface area contributed by atoms with Gasteiger partial charge in [0.2, 0.25) is 10.0 Å². The molecule has 0 aliphatic rings. The Bertz CT molecular complexity index is 1440. The van der Waals surface area contributed by atoms with Crippen molar-refractivity contribution in [3.05, 3.63) is 57.3 Å². The van der Waals surface area contributed by atoms with Crippen LogP contribution in [-0.4, -0.2) is 49.4 Å². The van der Waals surface area contributed by atoms with Crippen LogP contribution in [0.2, 0.25) is 5.02 Å². The summed E-state index contributed by atoms with van der Waals surface area (Å²) in [6.07, 6.45) is 3.35. The number of carbonyl (C=O) groups is 2. The van der Waals surface area contributed by atoms with Crippen molar-refractivity contribution in [2.45, 2.75) is 57.9 Å². The standard InChI is InChI=1S/C26H32ClN3O5S2/c1-5-7-15-29(16-8-6-2)37(33,34)20-11-9-19(10-12-20)25(32)28-26-30(17-23(31)35-4)24-18(3)21(27)13-14-22(24)36-26/h9-14H,5-8,15-17H2,1-4H3. The Kier molecular flexibility index (Phi) is 10.1. The minimum absolute atomic E-state index is 0.133. The summed E-state index contributed by atoms with van der Waals surface area (Å²) in [5.41, 5.74) is 1.71. The number of fused-ring (bicyclic) bond motifs is 1. The molecule has 0 saturated carbocycles. The Balaban J connectivity index is 1.97. The number of nitrogens with zero attached hydrogens (tertiary/aromatic N) is 3. The van der Waals surface area contributed by atoms with Crippen molar-refractivity contribution in [1.29, 1.82) is 0 Å². The molecule has 8 nitrogen and oxygen atoms in total. The van der Waals surface area contributed by atoms with Crippen molar-refractivity contribution in [1.82, 2.24) is 8.87 Å². The molecule has 0 spiro atoms. The van der Waals surface area contributed by atoms with Crippen LogP contribution < -0.4 is 4.80 Å². The van der Waals surface area contributed by atoms with Gasteiger partial charge in [-0.05, 0) is 61.7 Å². The van der Waals surface area contributed by atoms with Gasteiger partial charge in [-0.15, -0.1) is 0 Å². The maximum absolute atomic E-state index is 13.2. The van der Waals surface area contributed by atoms with Gasteiger partial charge in [0, 0.05) is 23.7 Å². The second-order valence-electron chi connectivity index (χ2n) is 8.62. The second kappa shape index (κ2) is 12.8. The Morgan fingerprint density at radius 3 is 2.24 bits per heavy atom. The summed E-state index contributed by atoms with van der Waals surface area (Å²) in [5.74, 6) is -1.04. The minimum atomic E-state index is -3.67. The van der Waals surface area contributed by atoms with E-state index in [0.717, 1.165) is 35.9 Å². The molecule has 0 saturated heterocycles. The Hall–Kier alpha value is -2.53. The number of hydrogen-bond acceptors (Lipinski definition) is 6. The van der Waals surface area contributed by atoms with Crippen molar-refractivity contribution in [3.63, 3.8) is 0 Å². The van der Waals surface area contributed by atoms with Crippen molar-refractivity contribution in [2.24, 2.45) is 4.99 Å². The number of sulfonamides is 1. The van der Waals surface area contributed by atoms with Gasteiger partial charge in [0.25, 0.3) is 5.91 Å². The van der Waals surface area contributed by atoms with Gasteiger partial charge in [-0.2, -0.15) is 9.30 Å². The number of halogens is 1. The molecule has 0 bridgehead atoms. The van der Waals surface area contributed by atoms with Crippen molar-refractivity contribution in [2.75, 3.05) is 20.2 Å². The molecule has 2 aromatic carbocycles. The lowest BCUT2D eigenvalue weighted by Crippen LogP contribution is -2.33. The molecule has 3 rings (SSSR count). The number of rotatable bonds is 11. The van der Waals surface area contributed by atoms with Crippen LogP contribution in [0, 0.1) is 6.92 Å². The van der Waals surface area contributed by atoms with Gasteiger partial charge < -0.3 is 9.30 Å². The van der Waals surface area contributed by atoms with E-state index in [2.05, 4.69) is 4.99 Å². The van der Waals surface area contributed by atoms with E-state index in [0.29, 0.717) is 28.4 Å². The number of aryl methyl sites for hydroxylation is 1. The van der Waals surface area contributed by atoms with Crippen LogP contribution >= 0.6 is 22.9 Å². The van der Waals surface area contributed by atoms with E-state index in [-0.39, 0.29) is 17.0 Å². The third-order valence-electron chi connectivity index (χ3n) is 6.00. The van der Waals surface area contributed by atoms with Crippen molar-refractivity contribution in [3.8, 4) is 0 Å². The Morgan fingerprint density at radius 1 is 1.05 bits per heavy atom. The molecule has 0 unspecified atom stereocenters. The smallest absolute Gasteiger partial charge is 0.325 e. The molecule has 0 aliphatic heterocycles. The van der Waals surface area contributed by atoms with E-state index in [9.17, 15) is 18.0 Å². The number of amides is 1. The number of hydrogen-bond donors (Lipinski definition) is 0. The lowest BCUT2D eigenvalue weighted by atomic mass is 10.2. The zero-order valence-corrected chi connectivity index (χ0v) is 23.9. The maximum atomic E-state index is 13.2. The van der Waals surface area contributed by atoms with Crippen LogP contribution in [0.5, 0.6) is 0 Å². The van der Waals surface area contributed by atoms with Crippen LogP contribution in [0.1, 0.15) is 55.5 Å². The van der Waals surface area contributed by atoms with Crippen LogP contribution in [0.25, 0.3) is 10.2 Å². The third kappa shape index (κ3) is 6.67. The van der Waals surface area contributed by atoms with E-state index in [1.165, 1.54) is 47.0 Å². The summed E-state index contributed by atoms with van der Waals surface area (Å²) >= 11 is 7.55. The molecule has 11 heteroatoms. The maximum Gasteiger partial charge on any atom is 0.325 e. The number of ether oxygens (including phenoxy) is 1. The van der Waals surface area contributed by atoms with E-state index in [4.69, 9.17) is 16.3 Å². The monoisotopic (exact) mass is 565 g/mol. The fourth-order valence-corrected chi connectivity index (χ4v) is 6.59. The van der Waals surface area contributed by atoms with Crippen molar-refractivity contribution < 1.29 is 22.7 Å². The molecule has 3 aromatic rings. The lowest BCUT2D eigenvalue weighted by Gasteiger charge is -2.22. The first-order valence-corrected chi connectivity index (χ1v) is 14.8. The highest BCUT2D eigenvalue weighted by molar-refractivity contribution is 7.89. The topological polar surface area (TPSA) is 98.0 Å². The zero-order valence-electron chi connectivity index (χ0n) is 21.5. The summed E-state index contributed by atoms with van der Waals surface area (Å²) in [7, 11) is -2.38. The first-order valence-electron chi connectivity index (χ1n) is 12.2. The molecule has 0 aliphatic carbocycles. The molecular formula is C26H32ClN3O5S2. The third-order valence-corrected chi connectivity index (χ3v) is 9.37. The van der Waals surface area contributed by atoms with Crippen LogP contribution in [0.4, 0.5) is 0 Å². The fourth-order valence-electron chi connectivity index (χ4n) is 3.83. The number of unbranched alkanes of at least 4 members (excludes halogenated alkanes) is 2. The number of esters is 1. The average molecular weight is 566 g/mol. The first-order chi connectivity index (χ1) is 17.6. The van der Waals surface area contributed by atoms with E-state index in [1.54, 1.807) is 10.6 Å². The van der Waals surface area contributed by atoms with Gasteiger partial charge in [-0.25, -0.2) is 8.42 Å². The highest BCUT2D eigenvalue weighted by atomic mass is 35.5. The lowest BCUT2D eigenvalue weighted by molar-refractivity contribution is -0.141. The summed E-state index contributed by atoms with van der Waals surface area (Å²) < 4.78 is 35.2. The molecule has 0 atom stereocenters. The number of carbonyl (C=O) groups excluding carboxylic acids is 2. The minimum Gasteiger partial charge on any atom is -0.468 e. The largest absolute Gasteiger partial charge is 0.468 e. The van der Waals surface area contributed by atoms with Gasteiger partial charge in [-0.1, -0.05) is 49.6 Å². The highest BCUT2D eigenvalue weighted by Crippen LogP contribution is 2.27. The first kappa shape index (κ1) is 29.0. The highest BCUT2D eigenvalue weighted by Gasteiger charge is 2.24. The summed E-state index contributed by atoms with van der Waals surface area (Å²) in [6.45, 7) is 6.67. The van der Waals surface area contributed by atoms with Crippen LogP contribution in [-0.2, 0) is 26.1 Å². The molecule has 0 fully saturated rings. The van der Waals surface area contributed by atoms with Crippen LogP contribution in [0.3, 0.4) is 0 Å². The van der Waals surface area contributed by atoms with E-state index < -0.39 is 21.9 Å².